The SMILES string of the molecule is CC1(C)Cc2c(cnn2-c2ccc(F)cc2)[C@H](NCc2nc3c(s2)CCCC3)C1. The summed E-state index contributed by atoms with van der Waals surface area (Å²) in [6.07, 6.45) is 8.91. The van der Waals surface area contributed by atoms with Gasteiger partial charge in [0, 0.05) is 28.7 Å². The van der Waals surface area contributed by atoms with Crippen LogP contribution in [0.25, 0.3) is 5.69 Å². The summed E-state index contributed by atoms with van der Waals surface area (Å²) in [6.45, 7) is 5.43. The molecule has 0 saturated heterocycles. The summed E-state index contributed by atoms with van der Waals surface area (Å²) in [5.74, 6) is -0.221. The van der Waals surface area contributed by atoms with Crippen LogP contribution in [0, 0.1) is 11.2 Å². The van der Waals surface area contributed by atoms with E-state index in [4.69, 9.17) is 4.98 Å². The number of nitrogens with zero attached hydrogens (tertiary/aromatic N) is 3. The maximum absolute atomic E-state index is 13.4. The van der Waals surface area contributed by atoms with Crippen LogP contribution in [0.3, 0.4) is 0 Å². The summed E-state index contributed by atoms with van der Waals surface area (Å²) in [5.41, 5.74) is 4.90. The number of benzene rings is 1. The average Bonchev–Trinajstić information content (AvgIpc) is 3.29. The largest absolute Gasteiger partial charge is 0.303 e. The number of halogens is 1. The highest BCUT2D eigenvalue weighted by Gasteiger charge is 2.35. The molecule has 1 N–H and O–H groups in total. The Morgan fingerprint density at radius 3 is 2.79 bits per heavy atom. The van der Waals surface area contributed by atoms with Crippen molar-refractivity contribution in [1.29, 1.82) is 0 Å². The van der Waals surface area contributed by atoms with Gasteiger partial charge in [0.1, 0.15) is 10.8 Å². The molecule has 2 heterocycles. The number of hydrogen-bond donors (Lipinski definition) is 1. The van der Waals surface area contributed by atoms with Gasteiger partial charge in [-0.15, -0.1) is 11.3 Å². The van der Waals surface area contributed by atoms with Crippen LogP contribution in [0.5, 0.6) is 0 Å². The van der Waals surface area contributed by atoms with Crippen LogP contribution in [-0.2, 0) is 25.8 Å². The first-order valence-corrected chi connectivity index (χ1v) is 11.3. The van der Waals surface area contributed by atoms with E-state index in [-0.39, 0.29) is 17.3 Å². The minimum Gasteiger partial charge on any atom is -0.303 e. The number of aromatic nitrogens is 3. The molecule has 0 unspecified atom stereocenters. The van der Waals surface area contributed by atoms with Gasteiger partial charge in [-0.05, 0) is 68.2 Å². The molecule has 2 aliphatic rings. The van der Waals surface area contributed by atoms with Crippen molar-refractivity contribution < 1.29 is 4.39 Å². The predicted octanol–water partition coefficient (Wildman–Crippen LogP) is 5.15. The smallest absolute Gasteiger partial charge is 0.123 e. The molecule has 0 saturated carbocycles. The first-order chi connectivity index (χ1) is 14.0. The second-order valence-corrected chi connectivity index (χ2v) is 10.3. The van der Waals surface area contributed by atoms with Gasteiger partial charge in [-0.1, -0.05) is 13.8 Å². The zero-order valence-electron chi connectivity index (χ0n) is 17.0. The Morgan fingerprint density at radius 2 is 2.00 bits per heavy atom. The van der Waals surface area contributed by atoms with Crippen molar-refractivity contribution in [3.8, 4) is 5.69 Å². The molecule has 3 aromatic rings. The van der Waals surface area contributed by atoms with Crippen molar-refractivity contribution in [3.63, 3.8) is 0 Å². The van der Waals surface area contributed by atoms with E-state index in [0.717, 1.165) is 31.5 Å². The molecule has 2 aliphatic carbocycles. The van der Waals surface area contributed by atoms with E-state index in [1.807, 2.05) is 22.2 Å². The Balaban J connectivity index is 1.40. The number of nitrogens with one attached hydrogen (secondary N) is 1. The maximum atomic E-state index is 13.4. The molecule has 6 heteroatoms. The molecule has 1 aromatic carbocycles. The Labute approximate surface area is 175 Å². The average molecular weight is 411 g/mol. The van der Waals surface area contributed by atoms with E-state index in [1.54, 1.807) is 12.1 Å². The zero-order chi connectivity index (χ0) is 20.0. The first kappa shape index (κ1) is 18.9. The highest BCUT2D eigenvalue weighted by molar-refractivity contribution is 7.11. The van der Waals surface area contributed by atoms with E-state index >= 15 is 0 Å². The van der Waals surface area contributed by atoms with E-state index in [2.05, 4.69) is 24.3 Å². The third kappa shape index (κ3) is 3.76. The summed E-state index contributed by atoms with van der Waals surface area (Å²) in [4.78, 5) is 6.38. The third-order valence-electron chi connectivity index (χ3n) is 6.14. The predicted molar refractivity (Wildman–Crippen MR) is 114 cm³/mol. The highest BCUT2D eigenvalue weighted by atomic mass is 32.1. The molecule has 0 fully saturated rings. The molecule has 0 bridgehead atoms. The van der Waals surface area contributed by atoms with Gasteiger partial charge in [0.25, 0.3) is 0 Å². The van der Waals surface area contributed by atoms with Gasteiger partial charge < -0.3 is 5.32 Å². The van der Waals surface area contributed by atoms with Gasteiger partial charge in [-0.25, -0.2) is 14.1 Å². The molecule has 0 radical (unpaired) electrons. The molecule has 0 aliphatic heterocycles. The molecular weight excluding hydrogens is 383 g/mol. The van der Waals surface area contributed by atoms with Crippen molar-refractivity contribution >= 4 is 11.3 Å². The number of thiazole rings is 1. The van der Waals surface area contributed by atoms with Gasteiger partial charge in [0.2, 0.25) is 0 Å². The number of rotatable bonds is 4. The Hall–Kier alpha value is -2.05. The summed E-state index contributed by atoms with van der Waals surface area (Å²) in [7, 11) is 0. The molecule has 5 rings (SSSR count). The van der Waals surface area contributed by atoms with Gasteiger partial charge in [0.15, 0.2) is 0 Å². The maximum Gasteiger partial charge on any atom is 0.123 e. The summed E-state index contributed by atoms with van der Waals surface area (Å²) in [5, 5.41) is 9.63. The summed E-state index contributed by atoms with van der Waals surface area (Å²) in [6, 6.07) is 6.85. The topological polar surface area (TPSA) is 42.7 Å². The van der Waals surface area contributed by atoms with Gasteiger partial charge >= 0.3 is 0 Å². The monoisotopic (exact) mass is 410 g/mol. The third-order valence-corrected chi connectivity index (χ3v) is 7.30. The van der Waals surface area contributed by atoms with Crippen LogP contribution < -0.4 is 5.32 Å². The van der Waals surface area contributed by atoms with Crippen molar-refractivity contribution in [3.05, 3.63) is 63.1 Å². The lowest BCUT2D eigenvalue weighted by atomic mass is 9.74. The lowest BCUT2D eigenvalue weighted by Gasteiger charge is -2.36. The molecule has 152 valence electrons. The Kier molecular flexibility index (Phi) is 4.79. The van der Waals surface area contributed by atoms with Crippen LogP contribution in [0.4, 0.5) is 4.39 Å². The second-order valence-electron chi connectivity index (χ2n) is 9.10. The molecule has 29 heavy (non-hydrogen) atoms. The van der Waals surface area contributed by atoms with Crippen molar-refractivity contribution in [2.24, 2.45) is 5.41 Å². The molecule has 0 amide bonds. The lowest BCUT2D eigenvalue weighted by Crippen LogP contribution is -2.33. The molecule has 2 aromatic heterocycles. The number of hydrogen-bond acceptors (Lipinski definition) is 4. The standard InChI is InChI=1S/C23H27FN4S/c1-23(2)11-19(25-14-22-27-18-5-3-4-6-21(18)29-22)17-13-26-28(20(17)12-23)16-9-7-15(24)8-10-16/h7-10,13,19,25H,3-6,11-12,14H2,1-2H3/t19-/m1/s1. The second kappa shape index (κ2) is 7.33. The highest BCUT2D eigenvalue weighted by Crippen LogP contribution is 2.41. The van der Waals surface area contributed by atoms with Gasteiger partial charge in [-0.3, -0.25) is 0 Å². The molecule has 4 nitrogen and oxygen atoms in total. The normalized spacial score (nSPS) is 20.3. The Bertz CT molecular complexity index is 995. The van der Waals surface area contributed by atoms with Crippen LogP contribution in [0.1, 0.15) is 66.0 Å². The molecule has 1 atom stereocenters. The van der Waals surface area contributed by atoms with E-state index < -0.39 is 0 Å². The van der Waals surface area contributed by atoms with Crippen LogP contribution >= 0.6 is 11.3 Å². The number of aryl methyl sites for hydroxylation is 2. The quantitative estimate of drug-likeness (QED) is 0.647. The van der Waals surface area contributed by atoms with Gasteiger partial charge in [-0.2, -0.15) is 5.10 Å². The van der Waals surface area contributed by atoms with Crippen LogP contribution in [0.15, 0.2) is 30.5 Å². The molecule has 0 spiro atoms. The summed E-state index contributed by atoms with van der Waals surface area (Å²) < 4.78 is 15.3. The van der Waals surface area contributed by atoms with Crippen LogP contribution in [0.2, 0.25) is 0 Å². The van der Waals surface area contributed by atoms with Crippen LogP contribution in [-0.4, -0.2) is 14.8 Å². The van der Waals surface area contributed by atoms with Crippen molar-refractivity contribution in [2.75, 3.05) is 0 Å². The fourth-order valence-corrected chi connectivity index (χ4v) is 5.83. The van der Waals surface area contributed by atoms with E-state index in [9.17, 15) is 4.39 Å². The first-order valence-electron chi connectivity index (χ1n) is 10.5. The zero-order valence-corrected chi connectivity index (χ0v) is 17.9. The van der Waals surface area contributed by atoms with Crippen molar-refractivity contribution in [1.82, 2.24) is 20.1 Å². The minimum atomic E-state index is -0.221. The number of fused-ring (bicyclic) bond motifs is 2. The fraction of sp³-hybridized carbons (Fsp3) is 0.478. The Morgan fingerprint density at radius 1 is 1.21 bits per heavy atom. The minimum absolute atomic E-state index is 0.171. The van der Waals surface area contributed by atoms with Gasteiger partial charge in [0.05, 0.1) is 17.6 Å². The summed E-state index contributed by atoms with van der Waals surface area (Å²) >= 11 is 1.88. The van der Waals surface area contributed by atoms with E-state index in [0.29, 0.717) is 0 Å². The van der Waals surface area contributed by atoms with Crippen molar-refractivity contribution in [2.45, 2.75) is 65.0 Å². The van der Waals surface area contributed by atoms with E-state index in [1.165, 1.54) is 58.2 Å². The lowest BCUT2D eigenvalue weighted by molar-refractivity contribution is 0.252. The fourth-order valence-electron chi connectivity index (χ4n) is 4.72. The molecular formula is C23H27FN4S.